The molecule has 1 unspecified atom stereocenters. The number of ether oxygens (including phenoxy) is 4. The van der Waals surface area contributed by atoms with E-state index in [1.54, 1.807) is 12.1 Å². The quantitative estimate of drug-likeness (QED) is 0.740. The Morgan fingerprint density at radius 2 is 1.48 bits per heavy atom. The third-order valence-electron chi connectivity index (χ3n) is 3.63. The van der Waals surface area contributed by atoms with Crippen LogP contribution in [0.5, 0.6) is 0 Å². The monoisotopic (exact) mass is 374 g/mol. The molecule has 1 aromatic rings. The van der Waals surface area contributed by atoms with Gasteiger partial charge < -0.3 is 18.9 Å². The first kappa shape index (κ1) is 20.3. The molecule has 1 heterocycles. The number of hydrogen-bond acceptors (Lipinski definition) is 7. The Labute approximate surface area is 149 Å². The van der Waals surface area contributed by atoms with Crippen molar-refractivity contribution in [3.63, 3.8) is 0 Å². The Morgan fingerprint density at radius 1 is 0.920 bits per heavy atom. The SMILES string of the molecule is Cc1ccc(S(=O)(=O)OCC2CCOCCOCCOCCO2)cc1. The van der Waals surface area contributed by atoms with Crippen LogP contribution in [0, 0.1) is 6.92 Å². The predicted molar refractivity (Wildman–Crippen MR) is 91.1 cm³/mol. The molecule has 1 aliphatic rings. The highest BCUT2D eigenvalue weighted by Crippen LogP contribution is 2.14. The molecule has 0 amide bonds. The molecule has 1 aromatic carbocycles. The van der Waals surface area contributed by atoms with Crippen molar-refractivity contribution in [3.8, 4) is 0 Å². The van der Waals surface area contributed by atoms with Crippen molar-refractivity contribution in [2.75, 3.05) is 52.9 Å². The van der Waals surface area contributed by atoms with Crippen molar-refractivity contribution in [1.82, 2.24) is 0 Å². The van der Waals surface area contributed by atoms with Crippen LogP contribution in [0.3, 0.4) is 0 Å². The van der Waals surface area contributed by atoms with Crippen molar-refractivity contribution >= 4 is 10.1 Å². The van der Waals surface area contributed by atoms with Gasteiger partial charge in [0.2, 0.25) is 0 Å². The molecule has 1 aliphatic heterocycles. The standard InChI is InChI=1S/C17H26O7S/c1-15-2-4-17(5-3-15)25(18,19)24-14-16-6-7-20-8-9-21-10-11-22-12-13-23-16/h2-5,16H,6-14H2,1H3. The highest BCUT2D eigenvalue weighted by atomic mass is 32.2. The summed E-state index contributed by atoms with van der Waals surface area (Å²) in [6.45, 7) is 5.06. The summed E-state index contributed by atoms with van der Waals surface area (Å²) >= 11 is 0. The van der Waals surface area contributed by atoms with Crippen LogP contribution in [0.2, 0.25) is 0 Å². The zero-order chi connectivity index (χ0) is 18.0. The lowest BCUT2D eigenvalue weighted by Gasteiger charge is -2.18. The molecule has 142 valence electrons. The van der Waals surface area contributed by atoms with Crippen LogP contribution in [-0.2, 0) is 33.2 Å². The number of hydrogen-bond donors (Lipinski definition) is 0. The lowest BCUT2D eigenvalue weighted by molar-refractivity contribution is -0.0268. The van der Waals surface area contributed by atoms with E-state index in [1.807, 2.05) is 6.92 Å². The molecule has 0 N–H and O–H groups in total. The van der Waals surface area contributed by atoms with E-state index in [0.717, 1.165) is 5.56 Å². The molecule has 1 saturated heterocycles. The van der Waals surface area contributed by atoms with Gasteiger partial charge in [-0.1, -0.05) is 17.7 Å². The normalized spacial score (nSPS) is 21.7. The molecule has 0 aliphatic carbocycles. The molecule has 1 fully saturated rings. The van der Waals surface area contributed by atoms with Gasteiger partial charge in [-0.05, 0) is 25.5 Å². The molecule has 0 radical (unpaired) electrons. The summed E-state index contributed by atoms with van der Waals surface area (Å²) in [5.74, 6) is 0. The Morgan fingerprint density at radius 3 is 2.12 bits per heavy atom. The largest absolute Gasteiger partial charge is 0.379 e. The minimum absolute atomic E-state index is 0.0595. The first-order chi connectivity index (χ1) is 12.1. The van der Waals surface area contributed by atoms with Gasteiger partial charge in [-0.15, -0.1) is 0 Å². The smallest absolute Gasteiger partial charge is 0.297 e. The van der Waals surface area contributed by atoms with E-state index >= 15 is 0 Å². The van der Waals surface area contributed by atoms with Crippen LogP contribution < -0.4 is 0 Å². The molecule has 7 nitrogen and oxygen atoms in total. The van der Waals surface area contributed by atoms with Crippen LogP contribution >= 0.6 is 0 Å². The third kappa shape index (κ3) is 7.81. The van der Waals surface area contributed by atoms with Gasteiger partial charge in [-0.2, -0.15) is 8.42 Å². The lowest BCUT2D eigenvalue weighted by atomic mass is 10.2. The first-order valence-corrected chi connectivity index (χ1v) is 9.80. The number of rotatable bonds is 4. The average Bonchev–Trinajstić information content (AvgIpc) is 2.62. The van der Waals surface area contributed by atoms with Gasteiger partial charge in [0.1, 0.15) is 0 Å². The zero-order valence-electron chi connectivity index (χ0n) is 14.5. The molecule has 8 heteroatoms. The maximum Gasteiger partial charge on any atom is 0.297 e. The van der Waals surface area contributed by atoms with E-state index in [1.165, 1.54) is 12.1 Å². The molecule has 1 atom stereocenters. The molecule has 2 rings (SSSR count). The van der Waals surface area contributed by atoms with E-state index in [-0.39, 0.29) is 17.6 Å². The Hall–Kier alpha value is -1.03. The van der Waals surface area contributed by atoms with E-state index in [0.29, 0.717) is 52.7 Å². The Kier molecular flexibility index (Phi) is 8.80. The van der Waals surface area contributed by atoms with Gasteiger partial charge in [0.15, 0.2) is 0 Å². The molecule has 0 saturated carbocycles. The lowest BCUT2D eigenvalue weighted by Crippen LogP contribution is -2.26. The van der Waals surface area contributed by atoms with Crippen molar-refractivity contribution in [3.05, 3.63) is 29.8 Å². The summed E-state index contributed by atoms with van der Waals surface area (Å²) in [5.41, 5.74) is 0.985. The van der Waals surface area contributed by atoms with Gasteiger partial charge in [-0.3, -0.25) is 4.18 Å². The predicted octanol–water partition coefficient (Wildman–Crippen LogP) is 1.54. The second-order valence-corrected chi connectivity index (χ2v) is 7.29. The van der Waals surface area contributed by atoms with E-state index < -0.39 is 10.1 Å². The second kappa shape index (κ2) is 10.8. The van der Waals surface area contributed by atoms with Crippen molar-refractivity contribution in [2.45, 2.75) is 24.3 Å². The molecular formula is C17H26O7S. The fourth-order valence-electron chi connectivity index (χ4n) is 2.18. The summed E-state index contributed by atoms with van der Waals surface area (Å²) < 4.78 is 51.5. The van der Waals surface area contributed by atoms with Crippen LogP contribution in [-0.4, -0.2) is 67.4 Å². The summed E-state index contributed by atoms with van der Waals surface area (Å²) in [6, 6.07) is 6.54. The summed E-state index contributed by atoms with van der Waals surface area (Å²) in [7, 11) is -3.80. The van der Waals surface area contributed by atoms with Crippen LogP contribution in [0.25, 0.3) is 0 Å². The van der Waals surface area contributed by atoms with Gasteiger partial charge in [-0.25, -0.2) is 0 Å². The fourth-order valence-corrected chi connectivity index (χ4v) is 3.12. The average molecular weight is 374 g/mol. The molecule has 0 aromatic heterocycles. The van der Waals surface area contributed by atoms with Gasteiger partial charge in [0.25, 0.3) is 10.1 Å². The Balaban J connectivity index is 1.87. The fraction of sp³-hybridized carbons (Fsp3) is 0.647. The van der Waals surface area contributed by atoms with Gasteiger partial charge >= 0.3 is 0 Å². The summed E-state index contributed by atoms with van der Waals surface area (Å²) in [5, 5.41) is 0. The molecule has 0 bridgehead atoms. The highest BCUT2D eigenvalue weighted by Gasteiger charge is 2.19. The maximum atomic E-state index is 12.3. The maximum absolute atomic E-state index is 12.3. The first-order valence-electron chi connectivity index (χ1n) is 8.39. The minimum Gasteiger partial charge on any atom is -0.379 e. The van der Waals surface area contributed by atoms with E-state index in [2.05, 4.69) is 0 Å². The number of aryl methyl sites for hydroxylation is 1. The minimum atomic E-state index is -3.80. The Bertz CT molecular complexity index is 572. The van der Waals surface area contributed by atoms with Crippen LogP contribution in [0.4, 0.5) is 0 Å². The summed E-state index contributed by atoms with van der Waals surface area (Å²) in [4.78, 5) is 0.138. The molecular weight excluding hydrogens is 348 g/mol. The van der Waals surface area contributed by atoms with E-state index in [9.17, 15) is 8.42 Å². The third-order valence-corrected chi connectivity index (χ3v) is 4.92. The van der Waals surface area contributed by atoms with Gasteiger partial charge in [0, 0.05) is 6.61 Å². The topological polar surface area (TPSA) is 80.3 Å². The van der Waals surface area contributed by atoms with Crippen molar-refractivity contribution in [1.29, 1.82) is 0 Å². The van der Waals surface area contributed by atoms with Crippen molar-refractivity contribution in [2.24, 2.45) is 0 Å². The van der Waals surface area contributed by atoms with Crippen LogP contribution in [0.1, 0.15) is 12.0 Å². The van der Waals surface area contributed by atoms with E-state index in [4.69, 9.17) is 23.1 Å². The second-order valence-electron chi connectivity index (χ2n) is 5.67. The van der Waals surface area contributed by atoms with Crippen LogP contribution in [0.15, 0.2) is 29.2 Å². The summed E-state index contributed by atoms with van der Waals surface area (Å²) in [6.07, 6.45) is 0.147. The molecule has 0 spiro atoms. The van der Waals surface area contributed by atoms with Gasteiger partial charge in [0.05, 0.1) is 57.2 Å². The zero-order valence-corrected chi connectivity index (χ0v) is 15.3. The number of benzene rings is 1. The highest BCUT2D eigenvalue weighted by molar-refractivity contribution is 7.86. The molecule has 25 heavy (non-hydrogen) atoms. The van der Waals surface area contributed by atoms with Crippen molar-refractivity contribution < 1.29 is 31.5 Å².